The zero-order chi connectivity index (χ0) is 39.7. The van der Waals surface area contributed by atoms with Crippen molar-refractivity contribution in [3.8, 4) is 57.4 Å². The Hall–Kier alpha value is -5.68. The van der Waals surface area contributed by atoms with E-state index in [1.807, 2.05) is 36.4 Å². The van der Waals surface area contributed by atoms with Crippen LogP contribution in [0.15, 0.2) is 76.7 Å². The molecule has 5 aromatic rings. The Balaban J connectivity index is 0.000000195. The van der Waals surface area contributed by atoms with Gasteiger partial charge in [-0.2, -0.15) is 23.4 Å². The van der Waals surface area contributed by atoms with Gasteiger partial charge in [0.05, 0.1) is 30.0 Å². The molecule has 12 nitrogen and oxygen atoms in total. The number of anilines is 2. The van der Waals surface area contributed by atoms with Crippen LogP contribution in [0, 0.1) is 42.2 Å². The molecule has 0 spiro atoms. The summed E-state index contributed by atoms with van der Waals surface area (Å²) in [5.74, 6) is 2.96. The summed E-state index contributed by atoms with van der Waals surface area (Å²) in [6.45, 7) is 15.4. The van der Waals surface area contributed by atoms with Crippen molar-refractivity contribution < 1.29 is 35.9 Å². The van der Waals surface area contributed by atoms with Gasteiger partial charge in [-0.3, -0.25) is 0 Å². The van der Waals surface area contributed by atoms with E-state index in [-0.39, 0.29) is 82.5 Å². The van der Waals surface area contributed by atoms with Crippen LogP contribution in [0.5, 0.6) is 23.0 Å². The van der Waals surface area contributed by atoms with E-state index < -0.39 is 0 Å². The smallest absolute Gasteiger partial charge is 1.00 e. The number of halogens is 1. The number of hydrogen-bond donors (Lipinski definition) is 2. The van der Waals surface area contributed by atoms with E-state index in [4.69, 9.17) is 43.6 Å². The average Bonchev–Trinajstić information content (AvgIpc) is 4.10. The Morgan fingerprint density at radius 3 is 1.69 bits per heavy atom. The quantitative estimate of drug-likeness (QED) is 0.136. The molecule has 2 aromatic heterocycles. The van der Waals surface area contributed by atoms with Crippen molar-refractivity contribution in [2.75, 3.05) is 25.1 Å². The molecule has 292 valence electrons. The van der Waals surface area contributed by atoms with Crippen LogP contribution in [0.1, 0.15) is 74.1 Å². The molecule has 0 atom stereocenters. The van der Waals surface area contributed by atoms with Gasteiger partial charge < -0.3 is 53.8 Å². The van der Waals surface area contributed by atoms with Gasteiger partial charge in [-0.15, -0.1) is 0 Å². The Labute approximate surface area is 374 Å². The second kappa shape index (κ2) is 20.8. The number of aromatic nitrogens is 2. The second-order valence-electron chi connectivity index (χ2n) is 13.4. The number of nitrogens with two attached hydrogens (primary N) is 2. The third-order valence-electron chi connectivity index (χ3n) is 9.93. The maximum atomic E-state index is 9.84. The zero-order valence-electron chi connectivity index (χ0n) is 32.0. The molecule has 15 heteroatoms. The van der Waals surface area contributed by atoms with Crippen molar-refractivity contribution in [1.29, 1.82) is 10.5 Å². The summed E-state index contributed by atoms with van der Waals surface area (Å²) in [5.41, 5.74) is 16.4. The Kier molecular flexibility index (Phi) is 15.7. The van der Waals surface area contributed by atoms with E-state index in [2.05, 4.69) is 38.2 Å². The van der Waals surface area contributed by atoms with Crippen LogP contribution in [0.25, 0.3) is 31.9 Å². The molecule has 4 aliphatic rings. The van der Waals surface area contributed by atoms with E-state index >= 15 is 0 Å². The van der Waals surface area contributed by atoms with Crippen LogP contribution in [-0.4, -0.2) is 46.6 Å². The minimum Gasteiger partial charge on any atom is -1.00 e. The zero-order valence-corrected chi connectivity index (χ0v) is 35.9. The summed E-state index contributed by atoms with van der Waals surface area (Å²) >= 11 is 1.33. The molecule has 2 saturated carbocycles. The monoisotopic (exact) mass is 876 g/mol. The summed E-state index contributed by atoms with van der Waals surface area (Å²) in [7, 11) is 0. The minimum absolute atomic E-state index is 0. The molecule has 0 bridgehead atoms. The van der Waals surface area contributed by atoms with Crippen LogP contribution in [0.4, 0.5) is 23.0 Å². The van der Waals surface area contributed by atoms with Crippen LogP contribution in [0.3, 0.4) is 0 Å². The van der Waals surface area contributed by atoms with Crippen LogP contribution in [-0.2, 0) is 0 Å². The standard InChI is InChI=1S/C20H12N4O2S.C19H16N4O2.C5H9.BrH.Mg/c1-23-18-17(12-7-8-15-16(9-12)26-11-25-15)14(10-21)20(24-19(18)22)27-13-5-3-2-4-6-13;1-22-18-16(12-6-7-14-15(8-12)25-10-24-14)13(9-20)17(23-19(18)21)11-4-2-3-5-11;1-2-4-5-3-1;;/h2-9H,11H2,(H2,22,24);6-8,11H,2-5,10H2,(H2,21,23);1H,2-5H2;1H;/q;;-1;;+2/p-1. The molecule has 4 heterocycles. The fraction of sp³-hybridized carbons (Fsp3) is 0.250. The number of hydrogen-bond acceptors (Lipinski definition) is 11. The summed E-state index contributed by atoms with van der Waals surface area (Å²) < 4.78 is 21.6. The van der Waals surface area contributed by atoms with Crippen LogP contribution in [0.2, 0.25) is 0 Å². The summed E-state index contributed by atoms with van der Waals surface area (Å²) in [6, 6.07) is 24.8. The van der Waals surface area contributed by atoms with Crippen molar-refractivity contribution in [2.24, 2.45) is 0 Å². The first-order chi connectivity index (χ1) is 27.9. The third kappa shape index (κ3) is 9.79. The molecule has 3 aromatic carbocycles. The maximum Gasteiger partial charge on any atom is 2.00 e. The van der Waals surface area contributed by atoms with E-state index in [1.165, 1.54) is 37.4 Å². The summed E-state index contributed by atoms with van der Waals surface area (Å²) in [4.78, 5) is 16.8. The number of benzene rings is 3. The number of nitriles is 2. The number of pyridine rings is 2. The van der Waals surface area contributed by atoms with Crippen molar-refractivity contribution >= 4 is 57.8 Å². The summed E-state index contributed by atoms with van der Waals surface area (Å²) in [5, 5.41) is 20.1. The first-order valence-electron chi connectivity index (χ1n) is 18.5. The maximum absolute atomic E-state index is 9.84. The van der Waals surface area contributed by atoms with Gasteiger partial charge in [-0.1, -0.05) is 67.8 Å². The van der Waals surface area contributed by atoms with Gasteiger partial charge in [0.1, 0.15) is 28.8 Å². The molecule has 0 saturated heterocycles. The first-order valence-corrected chi connectivity index (χ1v) is 19.3. The number of nitrogens with zero attached hydrogens (tertiary/aromatic N) is 6. The summed E-state index contributed by atoms with van der Waals surface area (Å²) in [6.07, 6.45) is 12.3. The van der Waals surface area contributed by atoms with Gasteiger partial charge in [0.2, 0.25) is 25.0 Å². The van der Waals surface area contributed by atoms with Crippen molar-refractivity contribution in [2.45, 2.75) is 67.2 Å². The molecule has 0 unspecified atom stereocenters. The fourth-order valence-corrected chi connectivity index (χ4v) is 8.09. The number of nitrogen functional groups attached to an aromatic ring is 2. The first kappa shape index (κ1) is 44.4. The van der Waals surface area contributed by atoms with Crippen LogP contribution >= 0.6 is 11.8 Å². The molecule has 0 radical (unpaired) electrons. The molecule has 59 heavy (non-hydrogen) atoms. The van der Waals surface area contributed by atoms with Crippen molar-refractivity contribution in [3.63, 3.8) is 0 Å². The molecule has 2 aliphatic carbocycles. The van der Waals surface area contributed by atoms with Crippen molar-refractivity contribution in [1.82, 2.24) is 9.97 Å². The molecule has 4 N–H and O–H groups in total. The molecular formula is C44H37BrMgN8O4S. The largest absolute Gasteiger partial charge is 2.00 e. The predicted octanol–water partition coefficient (Wildman–Crippen LogP) is 7.16. The molecule has 9 rings (SSSR count). The van der Waals surface area contributed by atoms with Gasteiger partial charge in [0, 0.05) is 21.9 Å². The Morgan fingerprint density at radius 1 is 0.695 bits per heavy atom. The second-order valence-corrected chi connectivity index (χ2v) is 14.5. The van der Waals surface area contributed by atoms with Gasteiger partial charge in [-0.05, 0) is 60.4 Å². The van der Waals surface area contributed by atoms with E-state index in [0.29, 0.717) is 55.8 Å². The molecule has 2 aliphatic heterocycles. The van der Waals surface area contributed by atoms with E-state index in [9.17, 15) is 10.5 Å². The SMILES string of the molecule is [Br-].[C-]#[N+]c1c(N)nc(C2CCCC2)c(C#N)c1-c1ccc2c(c1)OCO2.[C-]#[N+]c1c(N)nc(Sc2ccccc2)c(C#N)c1-c1ccc2c(c1)OCO2.[CH-]1CCCC1.[Mg+2]. The average molecular weight is 878 g/mol. The van der Waals surface area contributed by atoms with E-state index in [0.717, 1.165) is 41.8 Å². The van der Waals surface area contributed by atoms with Crippen LogP contribution < -0.4 is 47.4 Å². The van der Waals surface area contributed by atoms with Gasteiger partial charge in [-0.25, -0.2) is 19.7 Å². The normalized spacial score (nSPS) is 14.0. The van der Waals surface area contributed by atoms with E-state index in [1.54, 1.807) is 30.3 Å². The molecule has 2 fully saturated rings. The van der Waals surface area contributed by atoms with Gasteiger partial charge in [0.25, 0.3) is 0 Å². The minimum atomic E-state index is 0. The molecular weight excluding hydrogens is 841 g/mol. The number of fused-ring (bicyclic) bond motifs is 2. The third-order valence-corrected chi connectivity index (χ3v) is 10.9. The number of rotatable bonds is 5. The van der Waals surface area contributed by atoms with Gasteiger partial charge in [0.15, 0.2) is 23.0 Å². The topological polar surface area (TPSA) is 171 Å². The van der Waals surface area contributed by atoms with Gasteiger partial charge >= 0.3 is 23.1 Å². The van der Waals surface area contributed by atoms with Crippen molar-refractivity contribution in [3.05, 3.63) is 113 Å². The number of ether oxygens (including phenoxy) is 4. The molecule has 0 amide bonds. The predicted molar refractivity (Wildman–Crippen MR) is 223 cm³/mol. The Bertz CT molecular complexity index is 2480. The Morgan fingerprint density at radius 2 is 1.20 bits per heavy atom. The fourth-order valence-electron chi connectivity index (χ4n) is 7.18.